The Bertz CT molecular complexity index is 697. The lowest BCUT2D eigenvalue weighted by atomic mass is 10.1. The maximum atomic E-state index is 12.3. The standard InChI is InChI=1S/C17H16Cl2N2O/c18-14-6-5-11(9-15(14)19)16-10-12(7-8-20-16)17(22)21-13-3-1-2-4-13/h5-10,13H,1-4H2,(H,21,22). The van der Waals surface area contributed by atoms with E-state index >= 15 is 0 Å². The molecule has 0 aliphatic heterocycles. The maximum Gasteiger partial charge on any atom is 0.251 e. The molecule has 2 aromatic rings. The van der Waals surface area contributed by atoms with E-state index in [1.54, 1.807) is 30.5 Å². The van der Waals surface area contributed by atoms with Crippen molar-refractivity contribution in [2.75, 3.05) is 0 Å². The molecule has 0 bridgehead atoms. The van der Waals surface area contributed by atoms with Gasteiger partial charge in [-0.3, -0.25) is 9.78 Å². The lowest BCUT2D eigenvalue weighted by Crippen LogP contribution is -2.32. The largest absolute Gasteiger partial charge is 0.349 e. The number of hydrogen-bond donors (Lipinski definition) is 1. The van der Waals surface area contributed by atoms with Crippen molar-refractivity contribution >= 4 is 29.1 Å². The molecule has 1 fully saturated rings. The zero-order valence-electron chi connectivity index (χ0n) is 12.0. The SMILES string of the molecule is O=C(NC1CCCC1)c1ccnc(-c2ccc(Cl)c(Cl)c2)c1. The van der Waals surface area contributed by atoms with Crippen LogP contribution in [0.25, 0.3) is 11.3 Å². The molecule has 1 heterocycles. The van der Waals surface area contributed by atoms with Crippen molar-refractivity contribution in [2.24, 2.45) is 0 Å². The molecule has 1 aliphatic carbocycles. The van der Waals surface area contributed by atoms with Gasteiger partial charge in [-0.2, -0.15) is 0 Å². The minimum absolute atomic E-state index is 0.0457. The van der Waals surface area contributed by atoms with Crippen molar-refractivity contribution in [1.29, 1.82) is 0 Å². The van der Waals surface area contributed by atoms with Crippen LogP contribution in [-0.2, 0) is 0 Å². The van der Waals surface area contributed by atoms with Crippen LogP contribution in [-0.4, -0.2) is 16.9 Å². The fourth-order valence-corrected chi connectivity index (χ4v) is 3.02. The highest BCUT2D eigenvalue weighted by Crippen LogP contribution is 2.28. The second kappa shape index (κ2) is 6.67. The van der Waals surface area contributed by atoms with E-state index in [9.17, 15) is 4.79 Å². The van der Waals surface area contributed by atoms with E-state index in [0.717, 1.165) is 18.4 Å². The smallest absolute Gasteiger partial charge is 0.251 e. The molecule has 1 aromatic heterocycles. The molecule has 1 aliphatic rings. The molecule has 114 valence electrons. The Balaban J connectivity index is 1.82. The van der Waals surface area contributed by atoms with Crippen LogP contribution in [0.15, 0.2) is 36.5 Å². The molecule has 0 atom stereocenters. The third kappa shape index (κ3) is 3.42. The van der Waals surface area contributed by atoms with Crippen LogP contribution in [0.2, 0.25) is 10.0 Å². The number of rotatable bonds is 3. The fourth-order valence-electron chi connectivity index (χ4n) is 2.72. The van der Waals surface area contributed by atoms with E-state index in [-0.39, 0.29) is 5.91 Å². The number of aromatic nitrogens is 1. The maximum absolute atomic E-state index is 12.3. The Morgan fingerprint density at radius 2 is 1.86 bits per heavy atom. The molecule has 1 amide bonds. The Morgan fingerprint density at radius 1 is 1.09 bits per heavy atom. The van der Waals surface area contributed by atoms with E-state index in [4.69, 9.17) is 23.2 Å². The summed E-state index contributed by atoms with van der Waals surface area (Å²) < 4.78 is 0. The van der Waals surface area contributed by atoms with Crippen LogP contribution in [0.3, 0.4) is 0 Å². The minimum atomic E-state index is -0.0457. The summed E-state index contributed by atoms with van der Waals surface area (Å²) in [6.07, 6.45) is 6.15. The monoisotopic (exact) mass is 334 g/mol. The topological polar surface area (TPSA) is 42.0 Å². The number of halogens is 2. The highest BCUT2D eigenvalue weighted by Gasteiger charge is 2.18. The second-order valence-electron chi connectivity index (χ2n) is 5.51. The molecule has 0 saturated heterocycles. The van der Waals surface area contributed by atoms with E-state index in [1.807, 2.05) is 6.07 Å². The van der Waals surface area contributed by atoms with E-state index in [1.165, 1.54) is 12.8 Å². The lowest BCUT2D eigenvalue weighted by Gasteiger charge is -2.12. The van der Waals surface area contributed by atoms with Crippen molar-refractivity contribution in [3.63, 3.8) is 0 Å². The zero-order chi connectivity index (χ0) is 15.5. The van der Waals surface area contributed by atoms with Crippen molar-refractivity contribution < 1.29 is 4.79 Å². The molecule has 5 heteroatoms. The van der Waals surface area contributed by atoms with Crippen LogP contribution in [0.1, 0.15) is 36.0 Å². The van der Waals surface area contributed by atoms with Crippen molar-refractivity contribution in [3.8, 4) is 11.3 Å². The van der Waals surface area contributed by atoms with Gasteiger partial charge in [-0.15, -0.1) is 0 Å². The molecule has 3 rings (SSSR count). The van der Waals surface area contributed by atoms with Crippen LogP contribution < -0.4 is 5.32 Å². The summed E-state index contributed by atoms with van der Waals surface area (Å²) in [7, 11) is 0. The number of amides is 1. The van der Waals surface area contributed by atoms with Crippen LogP contribution in [0.5, 0.6) is 0 Å². The predicted molar refractivity (Wildman–Crippen MR) is 89.4 cm³/mol. The van der Waals surface area contributed by atoms with Gasteiger partial charge in [-0.1, -0.05) is 42.1 Å². The van der Waals surface area contributed by atoms with E-state index in [2.05, 4.69) is 10.3 Å². The van der Waals surface area contributed by atoms with Crippen molar-refractivity contribution in [2.45, 2.75) is 31.7 Å². The summed E-state index contributed by atoms with van der Waals surface area (Å²) in [5, 5.41) is 4.05. The van der Waals surface area contributed by atoms with Gasteiger partial charge >= 0.3 is 0 Å². The summed E-state index contributed by atoms with van der Waals surface area (Å²) in [5.41, 5.74) is 2.16. The van der Waals surface area contributed by atoms with Gasteiger partial charge in [-0.25, -0.2) is 0 Å². The molecule has 1 aromatic carbocycles. The summed E-state index contributed by atoms with van der Waals surface area (Å²) in [4.78, 5) is 16.6. The molecule has 22 heavy (non-hydrogen) atoms. The Kier molecular flexibility index (Phi) is 4.65. The number of nitrogens with one attached hydrogen (secondary N) is 1. The average Bonchev–Trinajstić information content (AvgIpc) is 3.03. The molecule has 3 nitrogen and oxygen atoms in total. The molecule has 0 unspecified atom stereocenters. The molecule has 0 spiro atoms. The predicted octanol–water partition coefficient (Wildman–Crippen LogP) is 4.73. The number of carbonyl (C=O) groups excluding carboxylic acids is 1. The van der Waals surface area contributed by atoms with Crippen LogP contribution in [0, 0.1) is 0 Å². The first-order valence-corrected chi connectivity index (χ1v) is 8.11. The molecular formula is C17H16Cl2N2O. The quantitative estimate of drug-likeness (QED) is 0.881. The Morgan fingerprint density at radius 3 is 2.59 bits per heavy atom. The van der Waals surface area contributed by atoms with Gasteiger partial charge in [0.1, 0.15) is 0 Å². The third-order valence-corrected chi connectivity index (χ3v) is 4.67. The molecular weight excluding hydrogens is 319 g/mol. The molecule has 1 N–H and O–H groups in total. The van der Waals surface area contributed by atoms with Crippen LogP contribution >= 0.6 is 23.2 Å². The summed E-state index contributed by atoms with van der Waals surface area (Å²) >= 11 is 12.0. The summed E-state index contributed by atoms with van der Waals surface area (Å²) in [5.74, 6) is -0.0457. The highest BCUT2D eigenvalue weighted by atomic mass is 35.5. The van der Waals surface area contributed by atoms with Gasteiger partial charge in [0.25, 0.3) is 5.91 Å². The molecule has 0 radical (unpaired) electrons. The lowest BCUT2D eigenvalue weighted by molar-refractivity contribution is 0.0938. The number of carbonyl (C=O) groups is 1. The van der Waals surface area contributed by atoms with Crippen LogP contribution in [0.4, 0.5) is 0 Å². The summed E-state index contributed by atoms with van der Waals surface area (Å²) in [6, 6.07) is 9.13. The van der Waals surface area contributed by atoms with Gasteiger partial charge in [0.15, 0.2) is 0 Å². The first-order chi connectivity index (χ1) is 10.6. The van der Waals surface area contributed by atoms with E-state index < -0.39 is 0 Å². The second-order valence-corrected chi connectivity index (χ2v) is 6.33. The Hall–Kier alpha value is -1.58. The average molecular weight is 335 g/mol. The fraction of sp³-hybridized carbons (Fsp3) is 0.294. The number of hydrogen-bond acceptors (Lipinski definition) is 2. The zero-order valence-corrected chi connectivity index (χ0v) is 13.5. The first-order valence-electron chi connectivity index (χ1n) is 7.36. The van der Waals surface area contributed by atoms with Gasteiger partial charge < -0.3 is 5.32 Å². The number of nitrogens with zero attached hydrogens (tertiary/aromatic N) is 1. The number of pyridine rings is 1. The van der Waals surface area contributed by atoms with Crippen molar-refractivity contribution in [1.82, 2.24) is 10.3 Å². The van der Waals surface area contributed by atoms with Gasteiger partial charge in [-0.05, 0) is 37.1 Å². The van der Waals surface area contributed by atoms with Crippen molar-refractivity contribution in [3.05, 3.63) is 52.1 Å². The highest BCUT2D eigenvalue weighted by molar-refractivity contribution is 6.42. The van der Waals surface area contributed by atoms with Gasteiger partial charge in [0.2, 0.25) is 0 Å². The minimum Gasteiger partial charge on any atom is -0.349 e. The Labute approximate surface area is 139 Å². The third-order valence-electron chi connectivity index (χ3n) is 3.93. The number of benzene rings is 1. The van der Waals surface area contributed by atoms with Gasteiger partial charge in [0.05, 0.1) is 15.7 Å². The first kappa shape index (κ1) is 15.3. The molecule has 1 saturated carbocycles. The van der Waals surface area contributed by atoms with Gasteiger partial charge in [0, 0.05) is 23.4 Å². The summed E-state index contributed by atoms with van der Waals surface area (Å²) in [6.45, 7) is 0. The van der Waals surface area contributed by atoms with E-state index in [0.29, 0.717) is 27.3 Å². The normalized spacial score (nSPS) is 15.0.